The van der Waals surface area contributed by atoms with Gasteiger partial charge < -0.3 is 4.90 Å². The zero-order chi connectivity index (χ0) is 17.2. The molecule has 2 aliphatic heterocycles. The molecule has 0 unspecified atom stereocenters. The van der Waals surface area contributed by atoms with Crippen molar-refractivity contribution in [1.82, 2.24) is 9.80 Å². The average molecular weight is 371 g/mol. The Kier molecular flexibility index (Phi) is 5.47. The minimum absolute atomic E-state index is 0.0156. The Morgan fingerprint density at radius 1 is 1.17 bits per heavy atom. The van der Waals surface area contributed by atoms with Crippen molar-refractivity contribution in [3.05, 3.63) is 34.9 Å². The number of carbonyl (C=O) groups is 1. The van der Waals surface area contributed by atoms with Gasteiger partial charge in [0.2, 0.25) is 5.91 Å². The van der Waals surface area contributed by atoms with Gasteiger partial charge in [0.25, 0.3) is 0 Å². The maximum atomic E-state index is 12.4. The largest absolute Gasteiger partial charge is 0.340 e. The molecule has 3 rings (SSSR count). The fourth-order valence-corrected chi connectivity index (χ4v) is 5.38. The predicted molar refractivity (Wildman–Crippen MR) is 94.9 cm³/mol. The highest BCUT2D eigenvalue weighted by molar-refractivity contribution is 7.91. The van der Waals surface area contributed by atoms with Crippen LogP contribution in [-0.4, -0.2) is 68.4 Å². The van der Waals surface area contributed by atoms with Crippen LogP contribution in [0.5, 0.6) is 0 Å². The molecule has 2 fully saturated rings. The van der Waals surface area contributed by atoms with E-state index >= 15 is 0 Å². The Balaban J connectivity index is 1.46. The molecular weight excluding hydrogens is 348 g/mol. The van der Waals surface area contributed by atoms with Crippen molar-refractivity contribution in [1.29, 1.82) is 0 Å². The van der Waals surface area contributed by atoms with Crippen LogP contribution in [0.3, 0.4) is 0 Å². The van der Waals surface area contributed by atoms with Gasteiger partial charge in [-0.2, -0.15) is 0 Å². The maximum absolute atomic E-state index is 12.4. The van der Waals surface area contributed by atoms with Gasteiger partial charge in [0.15, 0.2) is 9.84 Å². The lowest BCUT2D eigenvalue weighted by molar-refractivity contribution is -0.136. The summed E-state index contributed by atoms with van der Waals surface area (Å²) < 4.78 is 23.1. The summed E-state index contributed by atoms with van der Waals surface area (Å²) in [4.78, 5) is 16.6. The Labute approximate surface area is 148 Å². The topological polar surface area (TPSA) is 57.7 Å². The molecule has 0 aromatic heterocycles. The van der Waals surface area contributed by atoms with Crippen LogP contribution >= 0.6 is 11.6 Å². The molecule has 0 saturated carbocycles. The number of amides is 1. The first-order chi connectivity index (χ1) is 11.4. The first kappa shape index (κ1) is 17.7. The minimum Gasteiger partial charge on any atom is -0.340 e. The Morgan fingerprint density at radius 2 is 1.88 bits per heavy atom. The van der Waals surface area contributed by atoms with Gasteiger partial charge >= 0.3 is 0 Å². The number of carbonyl (C=O) groups excluding carboxylic acids is 1. The number of rotatable bonds is 4. The smallest absolute Gasteiger partial charge is 0.226 e. The van der Waals surface area contributed by atoms with Crippen molar-refractivity contribution in [3.8, 4) is 0 Å². The standard InChI is InChI=1S/C17H23ClN2O3S/c18-16-4-2-1-3-14(16)5-7-19-8-10-20(11-9-19)17(21)15-6-12-24(22,23)13-15/h1-4,15H,5-13H2/t15-/m1/s1. The molecule has 132 valence electrons. The fraction of sp³-hybridized carbons (Fsp3) is 0.588. The summed E-state index contributed by atoms with van der Waals surface area (Å²) in [5.41, 5.74) is 1.15. The monoisotopic (exact) mass is 370 g/mol. The van der Waals surface area contributed by atoms with E-state index in [4.69, 9.17) is 11.6 Å². The lowest BCUT2D eigenvalue weighted by Gasteiger charge is -2.35. The van der Waals surface area contributed by atoms with E-state index in [0.29, 0.717) is 19.5 Å². The summed E-state index contributed by atoms with van der Waals surface area (Å²) in [7, 11) is -3.00. The second-order valence-electron chi connectivity index (χ2n) is 6.61. The van der Waals surface area contributed by atoms with E-state index in [1.54, 1.807) is 0 Å². The van der Waals surface area contributed by atoms with Crippen molar-refractivity contribution in [2.24, 2.45) is 5.92 Å². The first-order valence-electron chi connectivity index (χ1n) is 8.39. The van der Waals surface area contributed by atoms with Gasteiger partial charge in [0, 0.05) is 37.7 Å². The predicted octanol–water partition coefficient (Wildman–Crippen LogP) is 1.46. The SMILES string of the molecule is O=C([C@@H]1CCS(=O)(=O)C1)N1CCN(CCc2ccccc2Cl)CC1. The van der Waals surface area contributed by atoms with E-state index in [2.05, 4.69) is 4.90 Å². The van der Waals surface area contributed by atoms with Crippen LogP contribution in [0.2, 0.25) is 5.02 Å². The lowest BCUT2D eigenvalue weighted by Crippen LogP contribution is -2.50. The van der Waals surface area contributed by atoms with E-state index in [1.165, 1.54) is 0 Å². The second kappa shape index (κ2) is 7.42. The van der Waals surface area contributed by atoms with E-state index in [1.807, 2.05) is 29.2 Å². The molecule has 1 atom stereocenters. The third kappa shape index (κ3) is 4.29. The molecule has 0 bridgehead atoms. The van der Waals surface area contributed by atoms with Gasteiger partial charge in [0.1, 0.15) is 0 Å². The molecule has 1 amide bonds. The van der Waals surface area contributed by atoms with Crippen molar-refractivity contribution in [2.75, 3.05) is 44.2 Å². The molecule has 2 saturated heterocycles. The summed E-state index contributed by atoms with van der Waals surface area (Å²) >= 11 is 6.18. The molecule has 1 aromatic carbocycles. The van der Waals surface area contributed by atoms with Gasteiger partial charge in [-0.15, -0.1) is 0 Å². The summed E-state index contributed by atoms with van der Waals surface area (Å²) in [6.07, 6.45) is 1.38. The molecule has 2 aliphatic rings. The maximum Gasteiger partial charge on any atom is 0.226 e. The number of sulfone groups is 1. The molecule has 2 heterocycles. The highest BCUT2D eigenvalue weighted by Crippen LogP contribution is 2.22. The van der Waals surface area contributed by atoms with Gasteiger partial charge in [0.05, 0.1) is 17.4 Å². The van der Waals surface area contributed by atoms with Gasteiger partial charge in [-0.3, -0.25) is 9.69 Å². The number of halogens is 1. The third-order valence-corrected chi connectivity index (χ3v) is 7.06. The molecule has 7 heteroatoms. The van der Waals surface area contributed by atoms with Crippen LogP contribution in [0, 0.1) is 5.92 Å². The van der Waals surface area contributed by atoms with E-state index in [9.17, 15) is 13.2 Å². The number of hydrogen-bond acceptors (Lipinski definition) is 4. The normalized spacial score (nSPS) is 24.2. The first-order valence-corrected chi connectivity index (χ1v) is 10.6. The van der Waals surface area contributed by atoms with Crippen LogP contribution in [0.4, 0.5) is 0 Å². The molecule has 1 aromatic rings. The molecule has 24 heavy (non-hydrogen) atoms. The quantitative estimate of drug-likeness (QED) is 0.805. The van der Waals surface area contributed by atoms with E-state index in [-0.39, 0.29) is 23.3 Å². The third-order valence-electron chi connectivity index (χ3n) is 4.92. The fourth-order valence-electron chi connectivity index (χ4n) is 3.42. The lowest BCUT2D eigenvalue weighted by atomic mass is 10.1. The summed E-state index contributed by atoms with van der Waals surface area (Å²) in [5.74, 6) is -0.133. The van der Waals surface area contributed by atoms with Crippen molar-refractivity contribution >= 4 is 27.3 Å². The van der Waals surface area contributed by atoms with Gasteiger partial charge in [-0.1, -0.05) is 29.8 Å². The zero-order valence-electron chi connectivity index (χ0n) is 13.7. The average Bonchev–Trinajstić information content (AvgIpc) is 2.94. The number of hydrogen-bond donors (Lipinski definition) is 0. The zero-order valence-corrected chi connectivity index (χ0v) is 15.2. The van der Waals surface area contributed by atoms with Gasteiger partial charge in [-0.05, 0) is 24.5 Å². The molecule has 5 nitrogen and oxygen atoms in total. The minimum atomic E-state index is -3.00. The van der Waals surface area contributed by atoms with Crippen LogP contribution in [-0.2, 0) is 21.1 Å². The number of nitrogens with zero attached hydrogens (tertiary/aromatic N) is 2. The summed E-state index contributed by atoms with van der Waals surface area (Å²) in [6, 6.07) is 7.87. The highest BCUT2D eigenvalue weighted by Gasteiger charge is 2.36. The molecular formula is C17H23ClN2O3S. The van der Waals surface area contributed by atoms with Crippen LogP contribution in [0.1, 0.15) is 12.0 Å². The Bertz CT molecular complexity index is 700. The highest BCUT2D eigenvalue weighted by atomic mass is 35.5. The summed E-state index contributed by atoms with van der Waals surface area (Å²) in [5, 5.41) is 0.800. The van der Waals surface area contributed by atoms with Gasteiger partial charge in [-0.25, -0.2) is 8.42 Å². The van der Waals surface area contributed by atoms with Crippen molar-refractivity contribution in [2.45, 2.75) is 12.8 Å². The summed E-state index contributed by atoms with van der Waals surface area (Å²) in [6.45, 7) is 3.94. The van der Waals surface area contributed by atoms with Crippen LogP contribution < -0.4 is 0 Å². The van der Waals surface area contributed by atoms with Crippen molar-refractivity contribution in [3.63, 3.8) is 0 Å². The Hall–Kier alpha value is -1.11. The number of piperazine rings is 1. The number of benzene rings is 1. The molecule has 0 aliphatic carbocycles. The van der Waals surface area contributed by atoms with Crippen LogP contribution in [0.15, 0.2) is 24.3 Å². The molecule has 0 radical (unpaired) electrons. The van der Waals surface area contributed by atoms with Crippen molar-refractivity contribution < 1.29 is 13.2 Å². The van der Waals surface area contributed by atoms with E-state index in [0.717, 1.165) is 36.6 Å². The van der Waals surface area contributed by atoms with Crippen LogP contribution in [0.25, 0.3) is 0 Å². The second-order valence-corrected chi connectivity index (χ2v) is 9.24. The molecule has 0 N–H and O–H groups in total. The molecule has 0 spiro atoms. The van der Waals surface area contributed by atoms with E-state index < -0.39 is 9.84 Å². The Morgan fingerprint density at radius 3 is 2.50 bits per heavy atom.